The second-order valence-corrected chi connectivity index (χ2v) is 6.73. The first-order chi connectivity index (χ1) is 10.5. The third kappa shape index (κ3) is 6.07. The number of benzene rings is 2. The lowest BCUT2D eigenvalue weighted by atomic mass is 10.1. The van der Waals surface area contributed by atoms with Crippen LogP contribution >= 0.6 is 0 Å². The molecule has 2 rings (SSSR count). The normalized spacial score (nSPS) is 11.7. The van der Waals surface area contributed by atoms with Crippen molar-refractivity contribution in [2.45, 2.75) is 6.42 Å². The fraction of sp³-hybridized carbons (Fsp3) is 0.188. The molecular weight excluding hydrogens is 298 g/mol. The fourth-order valence-corrected chi connectivity index (χ4v) is 2.32. The van der Waals surface area contributed by atoms with Crippen molar-refractivity contribution in [3.63, 3.8) is 0 Å². The van der Waals surface area contributed by atoms with E-state index in [0.717, 1.165) is 23.1 Å². The van der Waals surface area contributed by atoms with Crippen LogP contribution in [0.4, 0.5) is 5.69 Å². The number of rotatable bonds is 7. The van der Waals surface area contributed by atoms with E-state index in [1.807, 2.05) is 54.6 Å². The van der Waals surface area contributed by atoms with E-state index in [1.165, 1.54) is 0 Å². The molecular formula is C16H19N3O2S. The zero-order valence-electron chi connectivity index (χ0n) is 12.4. The summed E-state index contributed by atoms with van der Waals surface area (Å²) in [6, 6.07) is 17.6. The summed E-state index contributed by atoms with van der Waals surface area (Å²) in [6.07, 6.45) is 3.56. The number of sulfonamides is 1. The average molecular weight is 317 g/mol. The van der Waals surface area contributed by atoms with E-state index >= 15 is 0 Å². The monoisotopic (exact) mass is 317 g/mol. The Kier molecular flexibility index (Phi) is 5.68. The van der Waals surface area contributed by atoms with Crippen molar-refractivity contribution < 1.29 is 8.42 Å². The maximum Gasteiger partial charge on any atom is 0.208 e. The molecule has 2 aromatic rings. The standard InChI is InChI=1S/C16H19N3O2S/c1-22(20,21)18-12-11-14-7-9-16(10-8-14)19-17-13-15-5-3-2-4-6-15/h2-10,13,18-19H,11-12H2,1H3. The third-order valence-corrected chi connectivity index (χ3v) is 3.67. The Balaban J connectivity index is 1.83. The molecule has 0 saturated heterocycles. The summed E-state index contributed by atoms with van der Waals surface area (Å²) >= 11 is 0. The minimum Gasteiger partial charge on any atom is -0.279 e. The van der Waals surface area contributed by atoms with Gasteiger partial charge in [-0.05, 0) is 29.7 Å². The SMILES string of the molecule is CS(=O)(=O)NCCc1ccc(NN=Cc2ccccc2)cc1. The lowest BCUT2D eigenvalue weighted by Crippen LogP contribution is -2.24. The molecule has 0 aliphatic rings. The zero-order valence-corrected chi connectivity index (χ0v) is 13.2. The van der Waals surface area contributed by atoms with Crippen LogP contribution in [0, 0.1) is 0 Å². The highest BCUT2D eigenvalue weighted by Gasteiger charge is 2.00. The Hall–Kier alpha value is -2.18. The lowest BCUT2D eigenvalue weighted by molar-refractivity contribution is 0.588. The second-order valence-electron chi connectivity index (χ2n) is 4.89. The first-order valence-corrected chi connectivity index (χ1v) is 8.80. The fourth-order valence-electron chi connectivity index (χ4n) is 1.85. The van der Waals surface area contributed by atoms with Gasteiger partial charge in [-0.2, -0.15) is 5.10 Å². The van der Waals surface area contributed by atoms with Crippen LogP contribution < -0.4 is 10.1 Å². The summed E-state index contributed by atoms with van der Waals surface area (Å²) < 4.78 is 24.4. The van der Waals surface area contributed by atoms with Crippen molar-refractivity contribution in [1.29, 1.82) is 0 Å². The van der Waals surface area contributed by atoms with Gasteiger partial charge in [0.2, 0.25) is 10.0 Å². The van der Waals surface area contributed by atoms with Crippen LogP contribution in [0.15, 0.2) is 59.7 Å². The molecule has 0 unspecified atom stereocenters. The van der Waals surface area contributed by atoms with Crippen LogP contribution in [-0.4, -0.2) is 27.4 Å². The van der Waals surface area contributed by atoms with Crippen LogP contribution in [0.25, 0.3) is 0 Å². The molecule has 116 valence electrons. The van der Waals surface area contributed by atoms with Crippen LogP contribution in [0.5, 0.6) is 0 Å². The largest absolute Gasteiger partial charge is 0.279 e. The Labute approximate surface area is 131 Å². The minimum atomic E-state index is -3.12. The van der Waals surface area contributed by atoms with Crippen molar-refractivity contribution in [1.82, 2.24) is 4.72 Å². The van der Waals surface area contributed by atoms with Crippen molar-refractivity contribution in [3.8, 4) is 0 Å². The molecule has 5 nitrogen and oxygen atoms in total. The van der Waals surface area contributed by atoms with E-state index in [-0.39, 0.29) is 0 Å². The summed E-state index contributed by atoms with van der Waals surface area (Å²) in [4.78, 5) is 0. The van der Waals surface area contributed by atoms with Gasteiger partial charge in [0, 0.05) is 6.54 Å². The van der Waals surface area contributed by atoms with Crippen molar-refractivity contribution >= 4 is 21.9 Å². The van der Waals surface area contributed by atoms with Gasteiger partial charge in [0.15, 0.2) is 0 Å². The smallest absolute Gasteiger partial charge is 0.208 e. The van der Waals surface area contributed by atoms with Gasteiger partial charge in [0.25, 0.3) is 0 Å². The summed E-state index contributed by atoms with van der Waals surface area (Å²) in [5, 5.41) is 4.17. The first kappa shape index (κ1) is 16.2. The van der Waals surface area contributed by atoms with Gasteiger partial charge in [0.1, 0.15) is 0 Å². The highest BCUT2D eigenvalue weighted by Crippen LogP contribution is 2.10. The maximum absolute atomic E-state index is 11.0. The molecule has 0 radical (unpaired) electrons. The summed E-state index contributed by atoms with van der Waals surface area (Å²) in [5.74, 6) is 0. The highest BCUT2D eigenvalue weighted by molar-refractivity contribution is 7.88. The molecule has 0 aromatic heterocycles. The van der Waals surface area contributed by atoms with Crippen molar-refractivity contribution in [3.05, 3.63) is 65.7 Å². The Morgan fingerprint density at radius 2 is 1.73 bits per heavy atom. The van der Waals surface area contributed by atoms with Gasteiger partial charge >= 0.3 is 0 Å². The van der Waals surface area contributed by atoms with Crippen molar-refractivity contribution in [2.75, 3.05) is 18.2 Å². The van der Waals surface area contributed by atoms with E-state index in [9.17, 15) is 8.42 Å². The van der Waals surface area contributed by atoms with Crippen LogP contribution in [0.1, 0.15) is 11.1 Å². The first-order valence-electron chi connectivity index (χ1n) is 6.91. The molecule has 0 saturated carbocycles. The lowest BCUT2D eigenvalue weighted by Gasteiger charge is -2.04. The van der Waals surface area contributed by atoms with Crippen LogP contribution in [0.2, 0.25) is 0 Å². The molecule has 0 spiro atoms. The molecule has 0 bridgehead atoms. The highest BCUT2D eigenvalue weighted by atomic mass is 32.2. The van der Waals surface area contributed by atoms with Gasteiger partial charge in [-0.15, -0.1) is 0 Å². The quantitative estimate of drug-likeness (QED) is 0.608. The molecule has 0 fully saturated rings. The zero-order chi connectivity index (χ0) is 15.8. The molecule has 2 aromatic carbocycles. The van der Waals surface area contributed by atoms with E-state index < -0.39 is 10.0 Å². The van der Waals surface area contributed by atoms with Crippen LogP contribution in [-0.2, 0) is 16.4 Å². The third-order valence-electron chi connectivity index (χ3n) is 2.94. The van der Waals surface area contributed by atoms with E-state index in [1.54, 1.807) is 6.21 Å². The Morgan fingerprint density at radius 3 is 2.36 bits per heavy atom. The maximum atomic E-state index is 11.0. The van der Waals surface area contributed by atoms with Crippen molar-refractivity contribution in [2.24, 2.45) is 5.10 Å². The van der Waals surface area contributed by atoms with Gasteiger partial charge in [0.05, 0.1) is 18.2 Å². The van der Waals surface area contributed by atoms with Gasteiger partial charge < -0.3 is 0 Å². The number of anilines is 1. The summed E-state index contributed by atoms with van der Waals surface area (Å²) in [5.41, 5.74) is 5.93. The number of hydrogen-bond donors (Lipinski definition) is 2. The molecule has 22 heavy (non-hydrogen) atoms. The minimum absolute atomic E-state index is 0.401. The Bertz CT molecular complexity index is 711. The summed E-state index contributed by atoms with van der Waals surface area (Å²) in [6.45, 7) is 0.401. The van der Waals surface area contributed by atoms with Gasteiger partial charge in [-0.1, -0.05) is 42.5 Å². The average Bonchev–Trinajstić information content (AvgIpc) is 2.49. The molecule has 2 N–H and O–H groups in total. The number of hydrazone groups is 1. The van der Waals surface area contributed by atoms with E-state index in [4.69, 9.17) is 0 Å². The Morgan fingerprint density at radius 1 is 1.05 bits per heavy atom. The van der Waals surface area contributed by atoms with Gasteiger partial charge in [-0.25, -0.2) is 13.1 Å². The van der Waals surface area contributed by atoms with Gasteiger partial charge in [-0.3, -0.25) is 5.43 Å². The summed E-state index contributed by atoms with van der Waals surface area (Å²) in [7, 11) is -3.12. The molecule has 0 aliphatic carbocycles. The molecule has 0 amide bonds. The molecule has 0 aliphatic heterocycles. The molecule has 6 heteroatoms. The number of hydrogen-bond acceptors (Lipinski definition) is 4. The predicted octanol–water partition coefficient (Wildman–Crippen LogP) is 2.22. The number of nitrogens with zero attached hydrogens (tertiary/aromatic N) is 1. The molecule has 0 atom stereocenters. The second kappa shape index (κ2) is 7.72. The van der Waals surface area contributed by atoms with E-state index in [0.29, 0.717) is 13.0 Å². The topological polar surface area (TPSA) is 70.6 Å². The van der Waals surface area contributed by atoms with Crippen LogP contribution in [0.3, 0.4) is 0 Å². The van der Waals surface area contributed by atoms with E-state index in [2.05, 4.69) is 15.2 Å². The number of nitrogens with one attached hydrogen (secondary N) is 2. The predicted molar refractivity (Wildman–Crippen MR) is 90.7 cm³/mol. The molecule has 0 heterocycles.